The molecule has 17 heavy (non-hydrogen) atoms. The number of anilines is 1. The first-order chi connectivity index (χ1) is 7.95. The zero-order valence-corrected chi connectivity index (χ0v) is 9.81. The maximum absolute atomic E-state index is 12.2. The van der Waals surface area contributed by atoms with E-state index >= 15 is 0 Å². The minimum absolute atomic E-state index is 0.220. The SMILES string of the molecule is NC1CCC(CNc2nc(C(F)(F)F)ns2)C1. The molecule has 4 nitrogen and oxygen atoms in total. The average molecular weight is 266 g/mol. The van der Waals surface area contributed by atoms with Crippen molar-refractivity contribution in [1.82, 2.24) is 9.36 Å². The van der Waals surface area contributed by atoms with Gasteiger partial charge in [0.05, 0.1) is 0 Å². The van der Waals surface area contributed by atoms with Gasteiger partial charge in [-0.3, -0.25) is 0 Å². The maximum atomic E-state index is 12.2. The minimum atomic E-state index is -4.47. The third-order valence-electron chi connectivity index (χ3n) is 2.80. The summed E-state index contributed by atoms with van der Waals surface area (Å²) in [5.74, 6) is -0.656. The number of nitrogens with zero attached hydrogens (tertiary/aromatic N) is 2. The summed E-state index contributed by atoms with van der Waals surface area (Å²) in [6.07, 6.45) is -1.56. The fourth-order valence-corrected chi connectivity index (χ4v) is 2.53. The summed E-state index contributed by atoms with van der Waals surface area (Å²) in [6, 6.07) is 0.224. The van der Waals surface area contributed by atoms with Gasteiger partial charge < -0.3 is 11.1 Å². The standard InChI is InChI=1S/C9H13F3N4S/c10-9(11,12)7-15-8(17-16-7)14-4-5-1-2-6(13)3-5/h5-6H,1-4,13H2,(H,14,15,16). The first kappa shape index (κ1) is 12.6. The molecule has 1 heterocycles. The van der Waals surface area contributed by atoms with Crippen LogP contribution in [0.1, 0.15) is 25.1 Å². The van der Waals surface area contributed by atoms with Crippen molar-refractivity contribution in [3.63, 3.8) is 0 Å². The van der Waals surface area contributed by atoms with Gasteiger partial charge in [-0.25, -0.2) is 0 Å². The van der Waals surface area contributed by atoms with Gasteiger partial charge in [0.2, 0.25) is 11.0 Å². The van der Waals surface area contributed by atoms with E-state index in [-0.39, 0.29) is 11.2 Å². The molecule has 0 bridgehead atoms. The Morgan fingerprint density at radius 1 is 1.41 bits per heavy atom. The molecule has 3 N–H and O–H groups in total. The lowest BCUT2D eigenvalue weighted by Crippen LogP contribution is -2.17. The normalized spacial score (nSPS) is 25.2. The molecule has 1 aromatic heterocycles. The average Bonchev–Trinajstić information content (AvgIpc) is 2.82. The van der Waals surface area contributed by atoms with Gasteiger partial charge in [-0.1, -0.05) is 0 Å². The Balaban J connectivity index is 1.85. The lowest BCUT2D eigenvalue weighted by Gasteiger charge is -2.09. The van der Waals surface area contributed by atoms with Crippen LogP contribution in [0, 0.1) is 5.92 Å². The molecule has 0 radical (unpaired) electrons. The molecule has 0 amide bonds. The second kappa shape index (κ2) is 4.77. The Bertz CT molecular complexity index is 379. The second-order valence-corrected chi connectivity index (χ2v) is 4.99. The lowest BCUT2D eigenvalue weighted by atomic mass is 10.1. The summed E-state index contributed by atoms with van der Waals surface area (Å²) in [4.78, 5) is 3.40. The highest BCUT2D eigenvalue weighted by molar-refractivity contribution is 7.09. The van der Waals surface area contributed by atoms with Crippen LogP contribution < -0.4 is 11.1 Å². The number of aromatic nitrogens is 2. The summed E-state index contributed by atoms with van der Waals surface area (Å²) in [5.41, 5.74) is 5.75. The van der Waals surface area contributed by atoms with E-state index in [2.05, 4.69) is 14.7 Å². The van der Waals surface area contributed by atoms with Gasteiger partial charge in [0.1, 0.15) is 0 Å². The van der Waals surface area contributed by atoms with Crippen LogP contribution >= 0.6 is 11.5 Å². The van der Waals surface area contributed by atoms with Gasteiger partial charge in [-0.05, 0) is 25.2 Å². The molecule has 96 valence electrons. The van der Waals surface area contributed by atoms with Crippen molar-refractivity contribution in [3.8, 4) is 0 Å². The van der Waals surface area contributed by atoms with Gasteiger partial charge in [0.15, 0.2) is 0 Å². The van der Waals surface area contributed by atoms with E-state index < -0.39 is 12.0 Å². The van der Waals surface area contributed by atoms with E-state index in [9.17, 15) is 13.2 Å². The Hall–Kier alpha value is -0.890. The molecule has 1 aliphatic carbocycles. The maximum Gasteiger partial charge on any atom is 0.452 e. The van der Waals surface area contributed by atoms with Crippen LogP contribution in [0.25, 0.3) is 0 Å². The second-order valence-electron chi connectivity index (χ2n) is 4.24. The molecule has 1 aliphatic rings. The van der Waals surface area contributed by atoms with Crippen molar-refractivity contribution in [2.75, 3.05) is 11.9 Å². The predicted octanol–water partition coefficient (Wildman–Crippen LogP) is 2.10. The molecule has 0 spiro atoms. The number of hydrogen-bond donors (Lipinski definition) is 2. The van der Waals surface area contributed by atoms with Crippen molar-refractivity contribution >= 4 is 16.7 Å². The Morgan fingerprint density at radius 3 is 2.71 bits per heavy atom. The predicted molar refractivity (Wildman–Crippen MR) is 58.7 cm³/mol. The van der Waals surface area contributed by atoms with E-state index in [4.69, 9.17) is 5.73 Å². The molecule has 1 saturated carbocycles. The quantitative estimate of drug-likeness (QED) is 0.879. The number of halogens is 3. The number of nitrogens with two attached hydrogens (primary N) is 1. The third kappa shape index (κ3) is 3.29. The summed E-state index contributed by atoms with van der Waals surface area (Å²) in [7, 11) is 0. The molecule has 2 unspecified atom stereocenters. The van der Waals surface area contributed by atoms with E-state index in [0.717, 1.165) is 30.8 Å². The molecular weight excluding hydrogens is 253 g/mol. The van der Waals surface area contributed by atoms with Gasteiger partial charge in [0, 0.05) is 24.1 Å². The van der Waals surface area contributed by atoms with Crippen LogP contribution in [0.5, 0.6) is 0 Å². The lowest BCUT2D eigenvalue weighted by molar-refractivity contribution is -0.144. The van der Waals surface area contributed by atoms with Crippen molar-refractivity contribution in [3.05, 3.63) is 5.82 Å². The highest BCUT2D eigenvalue weighted by atomic mass is 32.1. The van der Waals surface area contributed by atoms with E-state index in [1.807, 2.05) is 0 Å². The zero-order valence-electron chi connectivity index (χ0n) is 9.00. The molecule has 1 fully saturated rings. The van der Waals surface area contributed by atoms with Crippen LogP contribution in [-0.2, 0) is 6.18 Å². The van der Waals surface area contributed by atoms with Crippen LogP contribution in [0.15, 0.2) is 0 Å². The number of alkyl halides is 3. The van der Waals surface area contributed by atoms with Crippen molar-refractivity contribution in [2.24, 2.45) is 11.7 Å². The monoisotopic (exact) mass is 266 g/mol. The molecule has 2 rings (SSSR count). The molecular formula is C9H13F3N4S. The Labute approximate surface area is 101 Å². The Morgan fingerprint density at radius 2 is 2.18 bits per heavy atom. The molecule has 0 aliphatic heterocycles. The smallest absolute Gasteiger partial charge is 0.360 e. The van der Waals surface area contributed by atoms with Crippen molar-refractivity contribution in [2.45, 2.75) is 31.5 Å². The fraction of sp³-hybridized carbons (Fsp3) is 0.778. The highest BCUT2D eigenvalue weighted by Gasteiger charge is 2.36. The van der Waals surface area contributed by atoms with Gasteiger partial charge in [0.25, 0.3) is 0 Å². The number of nitrogens with one attached hydrogen (secondary N) is 1. The van der Waals surface area contributed by atoms with E-state index in [0.29, 0.717) is 12.5 Å². The first-order valence-electron chi connectivity index (χ1n) is 5.35. The van der Waals surface area contributed by atoms with Crippen LogP contribution in [-0.4, -0.2) is 21.9 Å². The summed E-state index contributed by atoms with van der Waals surface area (Å²) >= 11 is 0.737. The van der Waals surface area contributed by atoms with Gasteiger partial charge >= 0.3 is 6.18 Å². The van der Waals surface area contributed by atoms with Crippen molar-refractivity contribution in [1.29, 1.82) is 0 Å². The number of hydrogen-bond acceptors (Lipinski definition) is 5. The largest absolute Gasteiger partial charge is 0.452 e. The topological polar surface area (TPSA) is 63.8 Å². The molecule has 2 atom stereocenters. The Kier molecular flexibility index (Phi) is 3.53. The van der Waals surface area contributed by atoms with Crippen molar-refractivity contribution < 1.29 is 13.2 Å². The van der Waals surface area contributed by atoms with E-state index in [1.165, 1.54) is 0 Å². The third-order valence-corrected chi connectivity index (χ3v) is 3.48. The fourth-order valence-electron chi connectivity index (χ4n) is 1.94. The molecule has 8 heteroatoms. The van der Waals surface area contributed by atoms with Crippen LogP contribution in [0.3, 0.4) is 0 Å². The van der Waals surface area contributed by atoms with E-state index in [1.54, 1.807) is 0 Å². The van der Waals surface area contributed by atoms with Gasteiger partial charge in [-0.15, -0.1) is 0 Å². The molecule has 0 saturated heterocycles. The summed E-state index contributed by atoms with van der Waals surface area (Å²) in [6.45, 7) is 0.611. The summed E-state index contributed by atoms with van der Waals surface area (Å²) in [5, 5.41) is 3.11. The minimum Gasteiger partial charge on any atom is -0.360 e. The van der Waals surface area contributed by atoms with Crippen LogP contribution in [0.4, 0.5) is 18.3 Å². The first-order valence-corrected chi connectivity index (χ1v) is 6.13. The molecule has 0 aromatic carbocycles. The highest BCUT2D eigenvalue weighted by Crippen LogP contribution is 2.29. The van der Waals surface area contributed by atoms with Crippen LogP contribution in [0.2, 0.25) is 0 Å². The number of rotatable bonds is 3. The summed E-state index contributed by atoms with van der Waals surface area (Å²) < 4.78 is 40.0. The zero-order chi connectivity index (χ0) is 12.5. The molecule has 1 aromatic rings. The van der Waals surface area contributed by atoms with Gasteiger partial charge in [-0.2, -0.15) is 22.5 Å².